The third kappa shape index (κ3) is 5.05. The van der Waals surface area contributed by atoms with Crippen LogP contribution in [-0.4, -0.2) is 24.5 Å². The van der Waals surface area contributed by atoms with E-state index in [-0.39, 0.29) is 5.57 Å². The summed E-state index contributed by atoms with van der Waals surface area (Å²) >= 11 is 9.64. The van der Waals surface area contributed by atoms with Gasteiger partial charge in [-0.05, 0) is 66.1 Å². The number of anilines is 1. The summed E-state index contributed by atoms with van der Waals surface area (Å²) in [6.07, 6.45) is 2.02. The maximum atomic E-state index is 13.1. The second-order valence-corrected chi connectivity index (χ2v) is 8.83. The topological polar surface area (TPSA) is 75.7 Å². The van der Waals surface area contributed by atoms with Crippen molar-refractivity contribution in [1.29, 1.82) is 0 Å². The lowest BCUT2D eigenvalue weighted by Gasteiger charge is -2.26. The molecule has 0 bridgehead atoms. The Morgan fingerprint density at radius 3 is 2.44 bits per heavy atom. The van der Waals surface area contributed by atoms with Crippen molar-refractivity contribution >= 4 is 57.1 Å². The number of hydrogen-bond acceptors (Lipinski definition) is 4. The van der Waals surface area contributed by atoms with Gasteiger partial charge in [0.2, 0.25) is 0 Å². The van der Waals surface area contributed by atoms with Crippen LogP contribution in [0.4, 0.5) is 10.5 Å². The van der Waals surface area contributed by atoms with Crippen molar-refractivity contribution in [3.63, 3.8) is 0 Å². The molecule has 1 aliphatic rings. The number of amides is 4. The largest absolute Gasteiger partial charge is 0.494 e. The molecule has 4 amide bonds. The predicted molar refractivity (Wildman–Crippen MR) is 135 cm³/mol. The number of imide groups is 2. The zero-order chi connectivity index (χ0) is 24.2. The van der Waals surface area contributed by atoms with Gasteiger partial charge in [-0.15, -0.1) is 0 Å². The van der Waals surface area contributed by atoms with Gasteiger partial charge in [-0.1, -0.05) is 57.9 Å². The van der Waals surface area contributed by atoms with E-state index in [4.69, 9.17) is 16.3 Å². The van der Waals surface area contributed by atoms with Crippen LogP contribution in [0.2, 0.25) is 5.02 Å². The van der Waals surface area contributed by atoms with Gasteiger partial charge in [0, 0.05) is 15.9 Å². The van der Waals surface area contributed by atoms with Crippen molar-refractivity contribution in [3.05, 3.63) is 98.5 Å². The summed E-state index contributed by atoms with van der Waals surface area (Å²) in [5.41, 5.74) is 2.68. The average Bonchev–Trinajstić information content (AvgIpc) is 2.81. The van der Waals surface area contributed by atoms with Gasteiger partial charge in [0.1, 0.15) is 11.3 Å². The van der Waals surface area contributed by atoms with Gasteiger partial charge in [0.05, 0.1) is 12.3 Å². The second kappa shape index (κ2) is 10.2. The Morgan fingerprint density at radius 1 is 1.00 bits per heavy atom. The third-order valence-electron chi connectivity index (χ3n) is 5.23. The second-order valence-electron chi connectivity index (χ2n) is 7.50. The van der Waals surface area contributed by atoms with Gasteiger partial charge < -0.3 is 4.74 Å². The quantitative estimate of drug-likeness (QED) is 0.319. The Kier molecular flexibility index (Phi) is 7.14. The number of benzene rings is 3. The molecule has 4 rings (SSSR count). The Hall–Kier alpha value is -3.42. The molecular formula is C26H20BrClN2O4. The molecule has 0 atom stereocenters. The molecule has 1 N–H and O–H groups in total. The maximum Gasteiger partial charge on any atom is 0.335 e. The fraction of sp³-hybridized carbons (Fsp3) is 0.115. The van der Waals surface area contributed by atoms with E-state index in [1.165, 1.54) is 6.08 Å². The Bertz CT molecular complexity index is 1300. The first-order chi connectivity index (χ1) is 16.4. The van der Waals surface area contributed by atoms with Crippen LogP contribution in [-0.2, 0) is 16.0 Å². The van der Waals surface area contributed by atoms with Crippen molar-refractivity contribution in [1.82, 2.24) is 5.32 Å². The van der Waals surface area contributed by atoms with Crippen molar-refractivity contribution < 1.29 is 19.1 Å². The van der Waals surface area contributed by atoms with Crippen LogP contribution in [0.15, 0.2) is 76.8 Å². The third-order valence-corrected chi connectivity index (χ3v) is 6.12. The van der Waals surface area contributed by atoms with Gasteiger partial charge in [-0.3, -0.25) is 14.9 Å². The van der Waals surface area contributed by atoms with E-state index in [1.807, 2.05) is 37.3 Å². The highest BCUT2D eigenvalue weighted by molar-refractivity contribution is 9.10. The monoisotopic (exact) mass is 538 g/mol. The SMILES string of the molecule is CCOc1cc(/C=C2\C(=O)NC(=O)N(c3ccc(Br)cc3)C2=O)ccc1Cc1ccccc1Cl. The molecule has 0 unspecified atom stereocenters. The Morgan fingerprint density at radius 2 is 1.74 bits per heavy atom. The van der Waals surface area contributed by atoms with Crippen LogP contribution in [0.5, 0.6) is 5.75 Å². The molecule has 3 aromatic rings. The Labute approximate surface area is 210 Å². The first kappa shape index (κ1) is 23.7. The zero-order valence-corrected chi connectivity index (χ0v) is 20.5. The summed E-state index contributed by atoms with van der Waals surface area (Å²) in [5.74, 6) is -0.822. The van der Waals surface area contributed by atoms with Crippen LogP contribution >= 0.6 is 27.5 Å². The summed E-state index contributed by atoms with van der Waals surface area (Å²) in [4.78, 5) is 38.9. The molecule has 1 fully saturated rings. The molecule has 1 aliphatic heterocycles. The standard InChI is InChI=1S/C26H20BrClN2O4/c1-2-34-23-14-16(7-8-18(23)15-17-5-3-4-6-22(17)28)13-21-24(31)29-26(33)30(25(21)32)20-11-9-19(27)10-12-20/h3-14H,2,15H2,1H3,(H,29,31,33)/b21-13+. The summed E-state index contributed by atoms with van der Waals surface area (Å²) in [7, 11) is 0. The van der Waals surface area contributed by atoms with Crippen LogP contribution < -0.4 is 15.0 Å². The summed E-state index contributed by atoms with van der Waals surface area (Å²) in [5, 5.41) is 2.90. The summed E-state index contributed by atoms with van der Waals surface area (Å²) in [6, 6.07) is 18.9. The van der Waals surface area contributed by atoms with E-state index in [2.05, 4.69) is 21.2 Å². The zero-order valence-electron chi connectivity index (χ0n) is 18.2. The molecule has 34 heavy (non-hydrogen) atoms. The Balaban J connectivity index is 1.67. The molecule has 0 aromatic heterocycles. The fourth-order valence-corrected chi connectivity index (χ4v) is 4.06. The number of ether oxygens (including phenoxy) is 1. The number of hydrogen-bond donors (Lipinski definition) is 1. The normalized spacial score (nSPS) is 15.0. The highest BCUT2D eigenvalue weighted by Gasteiger charge is 2.36. The molecule has 0 radical (unpaired) electrons. The first-order valence-corrected chi connectivity index (χ1v) is 11.7. The van der Waals surface area contributed by atoms with E-state index in [0.29, 0.717) is 35.1 Å². The number of nitrogens with one attached hydrogen (secondary N) is 1. The molecule has 1 heterocycles. The molecule has 6 nitrogen and oxygen atoms in total. The van der Waals surface area contributed by atoms with Gasteiger partial charge in [-0.2, -0.15) is 0 Å². The van der Waals surface area contributed by atoms with Crippen LogP contribution in [0, 0.1) is 0 Å². The lowest BCUT2D eigenvalue weighted by molar-refractivity contribution is -0.122. The van der Waals surface area contributed by atoms with Crippen molar-refractivity contribution in [2.75, 3.05) is 11.5 Å². The molecular weight excluding hydrogens is 520 g/mol. The molecule has 0 saturated carbocycles. The van der Waals surface area contributed by atoms with Crippen molar-refractivity contribution in [3.8, 4) is 5.75 Å². The fourth-order valence-electron chi connectivity index (χ4n) is 3.59. The van der Waals surface area contributed by atoms with Crippen LogP contribution in [0.1, 0.15) is 23.6 Å². The van der Waals surface area contributed by atoms with Gasteiger partial charge >= 0.3 is 6.03 Å². The lowest BCUT2D eigenvalue weighted by atomic mass is 10.0. The average molecular weight is 540 g/mol. The number of halogens is 2. The van der Waals surface area contributed by atoms with E-state index in [9.17, 15) is 14.4 Å². The number of nitrogens with zero attached hydrogens (tertiary/aromatic N) is 1. The van der Waals surface area contributed by atoms with E-state index >= 15 is 0 Å². The number of barbiturate groups is 1. The number of rotatable bonds is 6. The van der Waals surface area contributed by atoms with E-state index < -0.39 is 17.8 Å². The van der Waals surface area contributed by atoms with Gasteiger partial charge in [0.25, 0.3) is 11.8 Å². The lowest BCUT2D eigenvalue weighted by Crippen LogP contribution is -2.54. The molecule has 1 saturated heterocycles. The van der Waals surface area contributed by atoms with Crippen molar-refractivity contribution in [2.24, 2.45) is 0 Å². The van der Waals surface area contributed by atoms with Crippen LogP contribution in [0.3, 0.4) is 0 Å². The van der Waals surface area contributed by atoms with Gasteiger partial charge in [0.15, 0.2) is 0 Å². The van der Waals surface area contributed by atoms with Gasteiger partial charge in [-0.25, -0.2) is 9.69 Å². The molecule has 172 valence electrons. The number of carbonyl (C=O) groups is 3. The first-order valence-electron chi connectivity index (χ1n) is 10.5. The maximum absolute atomic E-state index is 13.1. The van der Waals surface area contributed by atoms with E-state index in [0.717, 1.165) is 20.5 Å². The minimum atomic E-state index is -0.792. The van der Waals surface area contributed by atoms with Crippen LogP contribution in [0.25, 0.3) is 6.08 Å². The highest BCUT2D eigenvalue weighted by atomic mass is 79.9. The molecule has 8 heteroatoms. The molecule has 0 aliphatic carbocycles. The molecule has 3 aromatic carbocycles. The minimum Gasteiger partial charge on any atom is -0.494 e. The highest BCUT2D eigenvalue weighted by Crippen LogP contribution is 2.29. The number of urea groups is 1. The van der Waals surface area contributed by atoms with Crippen molar-refractivity contribution in [2.45, 2.75) is 13.3 Å². The van der Waals surface area contributed by atoms with E-state index in [1.54, 1.807) is 36.4 Å². The number of carbonyl (C=O) groups excluding carboxylic acids is 3. The minimum absolute atomic E-state index is 0.149. The summed E-state index contributed by atoms with van der Waals surface area (Å²) < 4.78 is 6.62. The summed E-state index contributed by atoms with van der Waals surface area (Å²) in [6.45, 7) is 2.32. The molecule has 0 spiro atoms. The smallest absolute Gasteiger partial charge is 0.335 e. The predicted octanol–water partition coefficient (Wildman–Crippen LogP) is 5.76.